The lowest BCUT2D eigenvalue weighted by molar-refractivity contribution is -0.159. The molecule has 3 rings (SSSR count). The molecule has 1 atom stereocenters. The van der Waals surface area contributed by atoms with E-state index in [1.807, 2.05) is 0 Å². The second kappa shape index (κ2) is 7.02. The van der Waals surface area contributed by atoms with Crippen LogP contribution in [0.2, 0.25) is 5.02 Å². The molecule has 0 radical (unpaired) electrons. The van der Waals surface area contributed by atoms with Gasteiger partial charge in [0.15, 0.2) is 6.10 Å². The molecule has 7 nitrogen and oxygen atoms in total. The summed E-state index contributed by atoms with van der Waals surface area (Å²) in [6, 6.07) is 7.01. The Balaban J connectivity index is 1.65. The van der Waals surface area contributed by atoms with Gasteiger partial charge in [0.25, 0.3) is 0 Å². The number of aromatic nitrogens is 1. The fourth-order valence-corrected chi connectivity index (χ4v) is 2.53. The highest BCUT2D eigenvalue weighted by molar-refractivity contribution is 6.30. The molecule has 2 aromatic rings. The van der Waals surface area contributed by atoms with Crippen molar-refractivity contribution in [1.82, 2.24) is 9.88 Å². The Bertz CT molecular complexity index is 743. The van der Waals surface area contributed by atoms with Crippen LogP contribution in [0.4, 0.5) is 0 Å². The standard InChI is InChI=1S/C16H15ClN2O5/c17-11-3-1-10(2-4-11)15-18-12(9-24-15)7-14(20)19-5-6-23-13(8-19)16(21)22/h1-4,9,13H,5-8H2,(H,21,22)/t13-/m0/s1. The second-order valence-electron chi connectivity index (χ2n) is 5.37. The summed E-state index contributed by atoms with van der Waals surface area (Å²) in [5, 5.41) is 9.59. The highest BCUT2D eigenvalue weighted by Crippen LogP contribution is 2.21. The van der Waals surface area contributed by atoms with Crippen LogP contribution in [0.5, 0.6) is 0 Å². The Hall–Kier alpha value is -2.38. The maximum Gasteiger partial charge on any atom is 0.334 e. The lowest BCUT2D eigenvalue weighted by atomic mass is 10.2. The Labute approximate surface area is 142 Å². The molecule has 24 heavy (non-hydrogen) atoms. The number of carbonyl (C=O) groups is 2. The van der Waals surface area contributed by atoms with E-state index in [9.17, 15) is 9.59 Å². The van der Waals surface area contributed by atoms with Gasteiger partial charge in [0.05, 0.1) is 25.3 Å². The normalized spacial score (nSPS) is 17.7. The minimum absolute atomic E-state index is 0.0378. The van der Waals surface area contributed by atoms with E-state index in [4.69, 9.17) is 25.9 Å². The zero-order valence-corrected chi connectivity index (χ0v) is 13.4. The number of amides is 1. The smallest absolute Gasteiger partial charge is 0.334 e. The molecule has 1 aromatic heterocycles. The van der Waals surface area contributed by atoms with E-state index in [-0.39, 0.29) is 25.5 Å². The van der Waals surface area contributed by atoms with Gasteiger partial charge in [-0.05, 0) is 24.3 Å². The molecule has 0 unspecified atom stereocenters. The molecule has 126 valence electrons. The lowest BCUT2D eigenvalue weighted by Crippen LogP contribution is -2.49. The summed E-state index contributed by atoms with van der Waals surface area (Å²) in [6.07, 6.45) is 0.491. The van der Waals surface area contributed by atoms with Crippen molar-refractivity contribution in [2.24, 2.45) is 0 Å². The van der Waals surface area contributed by atoms with E-state index in [0.717, 1.165) is 5.56 Å². The number of hydrogen-bond donors (Lipinski definition) is 1. The number of carboxylic acids is 1. The van der Waals surface area contributed by atoms with E-state index >= 15 is 0 Å². The minimum atomic E-state index is -1.07. The molecular weight excluding hydrogens is 336 g/mol. The van der Waals surface area contributed by atoms with Crippen molar-refractivity contribution in [2.45, 2.75) is 12.5 Å². The number of carboxylic acid groups (broad SMARTS) is 1. The SMILES string of the molecule is O=C(O)[C@@H]1CN(C(=O)Cc2coc(-c3ccc(Cl)cc3)n2)CCO1. The molecule has 0 saturated carbocycles. The van der Waals surface area contributed by atoms with Crippen molar-refractivity contribution >= 4 is 23.5 Å². The first kappa shape index (κ1) is 16.5. The van der Waals surface area contributed by atoms with Crippen molar-refractivity contribution in [2.75, 3.05) is 19.7 Å². The molecule has 1 fully saturated rings. The van der Waals surface area contributed by atoms with Gasteiger partial charge in [-0.25, -0.2) is 9.78 Å². The Kier molecular flexibility index (Phi) is 4.82. The van der Waals surface area contributed by atoms with Gasteiger partial charge < -0.3 is 19.2 Å². The van der Waals surface area contributed by atoms with Gasteiger partial charge in [0.2, 0.25) is 11.8 Å². The third-order valence-corrected chi connectivity index (χ3v) is 3.92. The number of aliphatic carboxylic acids is 1. The lowest BCUT2D eigenvalue weighted by Gasteiger charge is -2.30. The van der Waals surface area contributed by atoms with E-state index in [0.29, 0.717) is 23.2 Å². The fraction of sp³-hybridized carbons (Fsp3) is 0.312. The Morgan fingerprint density at radius 1 is 1.33 bits per heavy atom. The van der Waals surface area contributed by atoms with Crippen LogP contribution in [0.15, 0.2) is 34.9 Å². The van der Waals surface area contributed by atoms with Gasteiger partial charge in [-0.3, -0.25) is 4.79 Å². The van der Waals surface area contributed by atoms with Crippen molar-refractivity contribution in [1.29, 1.82) is 0 Å². The van der Waals surface area contributed by atoms with Crippen LogP contribution in [0.3, 0.4) is 0 Å². The number of benzene rings is 1. The largest absolute Gasteiger partial charge is 0.479 e. The average Bonchev–Trinajstić information content (AvgIpc) is 3.04. The third kappa shape index (κ3) is 3.74. The Morgan fingerprint density at radius 2 is 2.08 bits per heavy atom. The number of rotatable bonds is 4. The average molecular weight is 351 g/mol. The first-order chi connectivity index (χ1) is 11.5. The molecular formula is C16H15ClN2O5. The highest BCUT2D eigenvalue weighted by atomic mass is 35.5. The molecule has 1 saturated heterocycles. The summed E-state index contributed by atoms with van der Waals surface area (Å²) < 4.78 is 10.5. The maximum atomic E-state index is 12.3. The molecule has 1 aromatic carbocycles. The van der Waals surface area contributed by atoms with Gasteiger partial charge in [-0.15, -0.1) is 0 Å². The summed E-state index contributed by atoms with van der Waals surface area (Å²) in [4.78, 5) is 29.0. The van der Waals surface area contributed by atoms with Crippen molar-refractivity contribution in [3.05, 3.63) is 41.2 Å². The van der Waals surface area contributed by atoms with Crippen molar-refractivity contribution in [3.63, 3.8) is 0 Å². The van der Waals surface area contributed by atoms with Crippen LogP contribution in [0, 0.1) is 0 Å². The van der Waals surface area contributed by atoms with Crippen LogP contribution in [0.1, 0.15) is 5.69 Å². The van der Waals surface area contributed by atoms with Crippen LogP contribution in [0.25, 0.3) is 11.5 Å². The highest BCUT2D eigenvalue weighted by Gasteiger charge is 2.29. The van der Waals surface area contributed by atoms with E-state index in [1.165, 1.54) is 11.2 Å². The van der Waals surface area contributed by atoms with Gasteiger partial charge >= 0.3 is 5.97 Å². The number of halogens is 1. The predicted molar refractivity (Wildman–Crippen MR) is 84.6 cm³/mol. The zero-order valence-electron chi connectivity index (χ0n) is 12.6. The zero-order chi connectivity index (χ0) is 17.1. The quantitative estimate of drug-likeness (QED) is 0.904. The number of carbonyl (C=O) groups excluding carboxylic acids is 1. The van der Waals surface area contributed by atoms with Crippen LogP contribution in [-0.2, 0) is 20.7 Å². The monoisotopic (exact) mass is 350 g/mol. The molecule has 0 aliphatic carbocycles. The number of hydrogen-bond acceptors (Lipinski definition) is 5. The van der Waals surface area contributed by atoms with Gasteiger partial charge in [-0.1, -0.05) is 11.6 Å². The van der Waals surface area contributed by atoms with E-state index in [1.54, 1.807) is 24.3 Å². The number of morpholine rings is 1. The molecule has 1 aliphatic heterocycles. The molecule has 0 spiro atoms. The second-order valence-corrected chi connectivity index (χ2v) is 5.80. The summed E-state index contributed by atoms with van der Waals surface area (Å²) in [6.45, 7) is 0.609. The molecule has 1 aliphatic rings. The molecule has 8 heteroatoms. The van der Waals surface area contributed by atoms with E-state index < -0.39 is 12.1 Å². The van der Waals surface area contributed by atoms with Crippen LogP contribution >= 0.6 is 11.6 Å². The first-order valence-electron chi connectivity index (χ1n) is 7.35. The summed E-state index contributed by atoms with van der Waals surface area (Å²) in [5.41, 5.74) is 1.25. The van der Waals surface area contributed by atoms with Gasteiger partial charge in [0, 0.05) is 17.1 Å². The number of ether oxygens (including phenoxy) is 1. The van der Waals surface area contributed by atoms with Crippen LogP contribution < -0.4 is 0 Å². The maximum absolute atomic E-state index is 12.3. The van der Waals surface area contributed by atoms with Crippen molar-refractivity contribution < 1.29 is 23.8 Å². The first-order valence-corrected chi connectivity index (χ1v) is 7.73. The summed E-state index contributed by atoms with van der Waals surface area (Å²) >= 11 is 5.84. The van der Waals surface area contributed by atoms with Crippen LogP contribution in [-0.4, -0.2) is 52.7 Å². The van der Waals surface area contributed by atoms with E-state index in [2.05, 4.69) is 4.98 Å². The third-order valence-electron chi connectivity index (χ3n) is 3.67. The Morgan fingerprint density at radius 3 is 2.79 bits per heavy atom. The molecule has 2 heterocycles. The topological polar surface area (TPSA) is 92.9 Å². The molecule has 1 N–H and O–H groups in total. The van der Waals surface area contributed by atoms with Crippen molar-refractivity contribution in [3.8, 4) is 11.5 Å². The van der Waals surface area contributed by atoms with Gasteiger partial charge in [0.1, 0.15) is 6.26 Å². The fourth-order valence-electron chi connectivity index (χ4n) is 2.41. The summed E-state index contributed by atoms with van der Waals surface area (Å²) in [5.74, 6) is -0.876. The number of nitrogens with zero attached hydrogens (tertiary/aromatic N) is 2. The van der Waals surface area contributed by atoms with Gasteiger partial charge in [-0.2, -0.15) is 0 Å². The summed E-state index contributed by atoms with van der Waals surface area (Å²) in [7, 11) is 0. The number of oxazole rings is 1. The minimum Gasteiger partial charge on any atom is -0.479 e. The molecule has 1 amide bonds. The molecule has 0 bridgehead atoms. The predicted octanol–water partition coefficient (Wildman–Crippen LogP) is 1.85.